The summed E-state index contributed by atoms with van der Waals surface area (Å²) in [7, 11) is 0. The van der Waals surface area contributed by atoms with Gasteiger partial charge in [0.25, 0.3) is 0 Å². The van der Waals surface area contributed by atoms with Crippen LogP contribution in [0.2, 0.25) is 0 Å². The molecule has 0 bridgehead atoms. The van der Waals surface area contributed by atoms with E-state index in [4.69, 9.17) is 0 Å². The number of hydrogen-bond acceptors (Lipinski definition) is 1. The molecule has 0 amide bonds. The van der Waals surface area contributed by atoms with Crippen molar-refractivity contribution in [3.63, 3.8) is 0 Å². The Labute approximate surface area is 134 Å². The monoisotopic (exact) mass is 289 g/mol. The predicted octanol–water partition coefficient (Wildman–Crippen LogP) is 6.06. The smallest absolute Gasteiger partial charge is 0.0384 e. The lowest BCUT2D eigenvalue weighted by Gasteiger charge is -2.06. The largest absolute Gasteiger partial charge is 0.356 e. The van der Waals surface area contributed by atoms with Crippen molar-refractivity contribution >= 4 is 11.8 Å². The normalized spacial score (nSPS) is 11.1. The third-order valence-corrected chi connectivity index (χ3v) is 2.91. The van der Waals surface area contributed by atoms with Crippen LogP contribution >= 0.6 is 0 Å². The van der Waals surface area contributed by atoms with Crippen molar-refractivity contribution < 1.29 is 0 Å². The van der Waals surface area contributed by atoms with Gasteiger partial charge in [0, 0.05) is 11.4 Å². The van der Waals surface area contributed by atoms with Gasteiger partial charge in [-0.2, -0.15) is 0 Å². The summed E-state index contributed by atoms with van der Waals surface area (Å²) in [5.41, 5.74) is 4.65. The molecule has 0 aliphatic carbocycles. The Morgan fingerprint density at radius 1 is 0.955 bits per heavy atom. The Hall–Kier alpha value is -2.80. The highest BCUT2D eigenvalue weighted by molar-refractivity contribution is 5.57. The molecule has 0 saturated carbocycles. The lowest BCUT2D eigenvalue weighted by atomic mass is 10.1. The first kappa shape index (κ1) is 17.3. The van der Waals surface area contributed by atoms with Crippen molar-refractivity contribution in [3.05, 3.63) is 109 Å². The summed E-state index contributed by atoms with van der Waals surface area (Å²) < 4.78 is 0. The highest BCUT2D eigenvalue weighted by atomic mass is 14.9. The van der Waals surface area contributed by atoms with Gasteiger partial charge in [0.15, 0.2) is 0 Å². The summed E-state index contributed by atoms with van der Waals surface area (Å²) in [5.74, 6) is 0. The van der Waals surface area contributed by atoms with Crippen LogP contribution in [0.25, 0.3) is 6.08 Å². The van der Waals surface area contributed by atoms with Crippen LogP contribution in [-0.2, 0) is 0 Å². The van der Waals surface area contributed by atoms with Crippen LogP contribution in [0.5, 0.6) is 0 Å². The molecule has 0 heterocycles. The second kappa shape index (κ2) is 9.19. The molecule has 1 N–H and O–H groups in total. The summed E-state index contributed by atoms with van der Waals surface area (Å²) in [4.78, 5) is 0. The summed E-state index contributed by atoms with van der Waals surface area (Å²) >= 11 is 0. The van der Waals surface area contributed by atoms with Crippen LogP contribution in [0.3, 0.4) is 0 Å². The molecule has 22 heavy (non-hydrogen) atoms. The number of nitrogens with one attached hydrogen (secondary N) is 1. The quantitative estimate of drug-likeness (QED) is 0.574. The molecule has 1 heteroatoms. The number of benzene rings is 1. The first-order chi connectivity index (χ1) is 10.6. The van der Waals surface area contributed by atoms with Crippen molar-refractivity contribution in [2.24, 2.45) is 0 Å². The van der Waals surface area contributed by atoms with Crippen LogP contribution in [-0.4, -0.2) is 0 Å². The van der Waals surface area contributed by atoms with Gasteiger partial charge in [0.2, 0.25) is 0 Å². The van der Waals surface area contributed by atoms with Gasteiger partial charge < -0.3 is 5.32 Å². The zero-order valence-electron chi connectivity index (χ0n) is 13.2. The second-order valence-electron chi connectivity index (χ2n) is 4.75. The maximum absolute atomic E-state index is 3.99. The van der Waals surface area contributed by atoms with Crippen LogP contribution in [0.15, 0.2) is 104 Å². The first-order valence-electron chi connectivity index (χ1n) is 7.11. The topological polar surface area (TPSA) is 12.0 Å². The summed E-state index contributed by atoms with van der Waals surface area (Å²) in [6.07, 6.45) is 13.3. The highest BCUT2D eigenvalue weighted by Gasteiger charge is 1.95. The van der Waals surface area contributed by atoms with E-state index in [0.717, 1.165) is 22.5 Å². The fourth-order valence-electron chi connectivity index (χ4n) is 1.70. The average molecular weight is 289 g/mol. The van der Waals surface area contributed by atoms with Crippen LogP contribution in [0.4, 0.5) is 5.69 Å². The third-order valence-electron chi connectivity index (χ3n) is 2.91. The highest BCUT2D eigenvalue weighted by Crippen LogP contribution is 2.14. The first-order valence-corrected chi connectivity index (χ1v) is 7.11. The Bertz CT molecular complexity index is 637. The maximum Gasteiger partial charge on any atom is 0.0384 e. The summed E-state index contributed by atoms with van der Waals surface area (Å²) in [6, 6.07) is 8.16. The van der Waals surface area contributed by atoms with Gasteiger partial charge in [0.1, 0.15) is 0 Å². The minimum Gasteiger partial charge on any atom is -0.356 e. The molecule has 112 valence electrons. The molecular weight excluding hydrogens is 266 g/mol. The minimum atomic E-state index is 0.792. The molecule has 0 aliphatic heterocycles. The second-order valence-corrected chi connectivity index (χ2v) is 4.75. The van der Waals surface area contributed by atoms with Crippen molar-refractivity contribution in [1.82, 2.24) is 0 Å². The van der Waals surface area contributed by atoms with Crippen LogP contribution in [0.1, 0.15) is 12.5 Å². The van der Waals surface area contributed by atoms with Gasteiger partial charge in [-0.05, 0) is 41.8 Å². The Morgan fingerprint density at radius 2 is 1.59 bits per heavy atom. The number of allylic oxidation sites excluding steroid dienone is 8. The molecule has 1 aromatic rings. The van der Waals surface area contributed by atoms with Crippen LogP contribution < -0.4 is 5.32 Å². The van der Waals surface area contributed by atoms with E-state index in [1.807, 2.05) is 49.4 Å². The SMILES string of the molecule is C=C/C=C\C(=C)C(=C)/C=C\C(=C)Nc1ccc(/C=C/C)cc1. The Balaban J connectivity index is 2.60. The molecule has 1 aromatic carbocycles. The van der Waals surface area contributed by atoms with E-state index in [-0.39, 0.29) is 0 Å². The van der Waals surface area contributed by atoms with Gasteiger partial charge in [0.05, 0.1) is 0 Å². The van der Waals surface area contributed by atoms with Gasteiger partial charge in [-0.3, -0.25) is 0 Å². The fourth-order valence-corrected chi connectivity index (χ4v) is 1.70. The molecule has 0 atom stereocenters. The standard InChI is InChI=1S/C21H23N/c1-6-8-10-17(3)18(4)11-12-19(5)22-21-15-13-20(9-7-2)14-16-21/h6-16,22H,1,3-5H2,2H3/b9-7+,10-8-,12-11-. The molecule has 0 spiro atoms. The summed E-state index contributed by atoms with van der Waals surface area (Å²) in [5, 5.41) is 3.24. The van der Waals surface area contributed by atoms with Gasteiger partial charge in [-0.15, -0.1) is 0 Å². The van der Waals surface area contributed by atoms with E-state index < -0.39 is 0 Å². The molecule has 1 nitrogen and oxygen atoms in total. The molecule has 0 fully saturated rings. The Morgan fingerprint density at radius 3 is 2.18 bits per heavy atom. The zero-order valence-corrected chi connectivity index (χ0v) is 13.2. The lowest BCUT2D eigenvalue weighted by Crippen LogP contribution is -1.95. The summed E-state index contributed by atoms with van der Waals surface area (Å²) in [6.45, 7) is 17.5. The van der Waals surface area contributed by atoms with Crippen molar-refractivity contribution in [3.8, 4) is 0 Å². The van der Waals surface area contributed by atoms with E-state index in [1.54, 1.807) is 6.08 Å². The van der Waals surface area contributed by atoms with Crippen LogP contribution in [0, 0.1) is 0 Å². The van der Waals surface area contributed by atoms with Gasteiger partial charge >= 0.3 is 0 Å². The minimum absolute atomic E-state index is 0.792. The van der Waals surface area contributed by atoms with E-state index >= 15 is 0 Å². The predicted molar refractivity (Wildman–Crippen MR) is 101 cm³/mol. The Kier molecular flexibility index (Phi) is 7.21. The molecule has 1 rings (SSSR count). The number of rotatable bonds is 8. The van der Waals surface area contributed by atoms with Gasteiger partial charge in [-0.1, -0.05) is 74.9 Å². The van der Waals surface area contributed by atoms with Gasteiger partial charge in [-0.25, -0.2) is 0 Å². The third kappa shape index (κ3) is 6.10. The molecule has 0 aliphatic rings. The van der Waals surface area contributed by atoms with E-state index in [9.17, 15) is 0 Å². The van der Waals surface area contributed by atoms with Crippen molar-refractivity contribution in [2.75, 3.05) is 5.32 Å². The molecule has 0 aromatic heterocycles. The molecular formula is C21H23N. The zero-order chi connectivity index (χ0) is 16.4. The van der Waals surface area contributed by atoms with E-state index in [0.29, 0.717) is 0 Å². The fraction of sp³-hybridized carbons (Fsp3) is 0.0476. The number of anilines is 1. The average Bonchev–Trinajstić information content (AvgIpc) is 2.52. The maximum atomic E-state index is 3.99. The molecule has 0 unspecified atom stereocenters. The van der Waals surface area contributed by atoms with E-state index in [2.05, 4.69) is 49.8 Å². The van der Waals surface area contributed by atoms with E-state index in [1.165, 1.54) is 5.56 Å². The molecule has 0 saturated heterocycles. The van der Waals surface area contributed by atoms with Crippen molar-refractivity contribution in [1.29, 1.82) is 0 Å². The molecule has 0 radical (unpaired) electrons. The lowest BCUT2D eigenvalue weighted by molar-refractivity contribution is 1.47. The van der Waals surface area contributed by atoms with Crippen molar-refractivity contribution in [2.45, 2.75) is 6.92 Å². The number of hydrogen-bond donors (Lipinski definition) is 1.